The van der Waals surface area contributed by atoms with E-state index in [0.717, 1.165) is 35.8 Å². The Bertz CT molecular complexity index is 908. The van der Waals surface area contributed by atoms with Crippen LogP contribution >= 0.6 is 11.6 Å². The number of carbonyl (C=O) groups is 1. The zero-order chi connectivity index (χ0) is 19.8. The third kappa shape index (κ3) is 3.69. The Labute approximate surface area is 175 Å². The number of halogens is 1. The van der Waals surface area contributed by atoms with Gasteiger partial charge < -0.3 is 19.5 Å². The number of benzene rings is 2. The Morgan fingerprint density at radius 1 is 1.07 bits per heavy atom. The Balaban J connectivity index is 1.28. The molecule has 1 saturated carbocycles. The minimum Gasteiger partial charge on any atom is -0.454 e. The average Bonchev–Trinajstić information content (AvgIpc) is 3.42. The van der Waals surface area contributed by atoms with Crippen molar-refractivity contribution < 1.29 is 19.0 Å². The highest BCUT2D eigenvalue weighted by atomic mass is 35.5. The molecule has 1 aliphatic carbocycles. The van der Waals surface area contributed by atoms with Crippen molar-refractivity contribution in [2.75, 3.05) is 26.6 Å². The Morgan fingerprint density at radius 3 is 2.62 bits per heavy atom. The molecule has 2 aromatic rings. The minimum absolute atomic E-state index is 0.0461. The number of rotatable bonds is 5. The lowest BCUT2D eigenvalue weighted by molar-refractivity contribution is -0.122. The van der Waals surface area contributed by atoms with Crippen molar-refractivity contribution in [3.05, 3.63) is 58.6 Å². The van der Waals surface area contributed by atoms with Gasteiger partial charge >= 0.3 is 0 Å². The van der Waals surface area contributed by atoms with Crippen LogP contribution in [0.4, 0.5) is 0 Å². The van der Waals surface area contributed by atoms with Gasteiger partial charge in [0.25, 0.3) is 0 Å². The molecule has 0 radical (unpaired) electrons. The molecule has 29 heavy (non-hydrogen) atoms. The van der Waals surface area contributed by atoms with Crippen molar-refractivity contribution in [3.8, 4) is 11.5 Å². The third-order valence-corrected chi connectivity index (χ3v) is 6.71. The van der Waals surface area contributed by atoms with Crippen LogP contribution in [0.5, 0.6) is 11.5 Å². The summed E-state index contributed by atoms with van der Waals surface area (Å²) in [5.41, 5.74) is 2.22. The molecular formula is C23H24ClNO4. The number of carbonyl (C=O) groups excluding carboxylic acids is 1. The molecule has 2 aliphatic heterocycles. The quantitative estimate of drug-likeness (QED) is 0.803. The summed E-state index contributed by atoms with van der Waals surface area (Å²) in [4.78, 5) is 12.8. The second-order valence-electron chi connectivity index (χ2n) is 8.18. The number of hydrogen-bond acceptors (Lipinski definition) is 4. The summed E-state index contributed by atoms with van der Waals surface area (Å²) >= 11 is 5.97. The van der Waals surface area contributed by atoms with Crippen molar-refractivity contribution in [1.29, 1.82) is 0 Å². The topological polar surface area (TPSA) is 56.8 Å². The molecule has 1 amide bonds. The second kappa shape index (κ2) is 7.54. The molecule has 2 atom stereocenters. The summed E-state index contributed by atoms with van der Waals surface area (Å²) in [5.74, 6) is 2.04. The van der Waals surface area contributed by atoms with Gasteiger partial charge in [-0.25, -0.2) is 0 Å². The highest BCUT2D eigenvalue weighted by molar-refractivity contribution is 6.30. The van der Waals surface area contributed by atoms with E-state index in [0.29, 0.717) is 25.7 Å². The maximum atomic E-state index is 12.8. The van der Waals surface area contributed by atoms with Gasteiger partial charge in [0, 0.05) is 36.1 Å². The van der Waals surface area contributed by atoms with Gasteiger partial charge in [0.1, 0.15) is 0 Å². The normalized spacial score (nSPS) is 24.2. The summed E-state index contributed by atoms with van der Waals surface area (Å²) in [5, 5.41) is 3.96. The van der Waals surface area contributed by atoms with E-state index < -0.39 is 0 Å². The molecule has 6 heteroatoms. The summed E-state index contributed by atoms with van der Waals surface area (Å²) in [7, 11) is 0. The largest absolute Gasteiger partial charge is 0.454 e. The number of fused-ring (bicyclic) bond motifs is 1. The first kappa shape index (κ1) is 18.8. The molecule has 0 spiro atoms. The van der Waals surface area contributed by atoms with Crippen LogP contribution in [0.1, 0.15) is 36.3 Å². The lowest BCUT2D eigenvalue weighted by atomic mass is 9.74. The summed E-state index contributed by atoms with van der Waals surface area (Å²) in [6.07, 6.45) is 2.64. The highest BCUT2D eigenvalue weighted by Gasteiger charge is 2.45. The van der Waals surface area contributed by atoms with Crippen molar-refractivity contribution >= 4 is 17.5 Å². The SMILES string of the molecule is O=C(NCC1(c2ccc3c(c2)OCO3)CCOCC1)C1CC1c1ccc(Cl)cc1. The molecule has 1 N–H and O–H groups in total. The number of nitrogens with one attached hydrogen (secondary N) is 1. The van der Waals surface area contributed by atoms with Crippen molar-refractivity contribution in [1.82, 2.24) is 5.32 Å². The predicted octanol–water partition coefficient (Wildman–Crippen LogP) is 4.04. The Hall–Kier alpha value is -2.24. The maximum Gasteiger partial charge on any atom is 0.231 e. The van der Waals surface area contributed by atoms with Crippen molar-refractivity contribution in [3.63, 3.8) is 0 Å². The van der Waals surface area contributed by atoms with E-state index in [2.05, 4.69) is 17.4 Å². The lowest BCUT2D eigenvalue weighted by Crippen LogP contribution is -2.45. The number of ether oxygens (including phenoxy) is 3. The van der Waals surface area contributed by atoms with Gasteiger partial charge in [-0.2, -0.15) is 0 Å². The first-order valence-electron chi connectivity index (χ1n) is 10.2. The zero-order valence-corrected chi connectivity index (χ0v) is 16.9. The number of hydrogen-bond donors (Lipinski definition) is 1. The molecule has 2 aromatic carbocycles. The maximum absolute atomic E-state index is 12.8. The van der Waals surface area contributed by atoms with Gasteiger partial charge in [0.15, 0.2) is 11.5 Å². The Kier molecular flexibility index (Phi) is 4.88. The van der Waals surface area contributed by atoms with Crippen molar-refractivity contribution in [2.45, 2.75) is 30.6 Å². The van der Waals surface area contributed by atoms with Crippen LogP contribution in [-0.4, -0.2) is 32.5 Å². The van der Waals surface area contributed by atoms with Gasteiger partial charge in [-0.3, -0.25) is 4.79 Å². The van der Waals surface area contributed by atoms with Crippen LogP contribution in [0.3, 0.4) is 0 Å². The molecule has 5 nitrogen and oxygen atoms in total. The molecule has 3 aliphatic rings. The summed E-state index contributed by atoms with van der Waals surface area (Å²) < 4.78 is 16.6. The standard InChI is InChI=1S/C23H24ClNO4/c24-17-4-1-15(2-5-17)18-12-19(18)22(26)25-13-23(7-9-27-10-8-23)16-3-6-20-21(11-16)29-14-28-20/h1-6,11,18-19H,7-10,12-14H2,(H,25,26). The van der Waals surface area contributed by atoms with E-state index in [4.69, 9.17) is 25.8 Å². The summed E-state index contributed by atoms with van der Waals surface area (Å²) in [6, 6.07) is 13.9. The van der Waals surface area contributed by atoms with E-state index in [9.17, 15) is 4.79 Å². The molecule has 0 bridgehead atoms. The van der Waals surface area contributed by atoms with Crippen LogP contribution in [0.25, 0.3) is 0 Å². The first-order chi connectivity index (χ1) is 14.1. The lowest BCUT2D eigenvalue weighted by Gasteiger charge is -2.38. The van der Waals surface area contributed by atoms with E-state index >= 15 is 0 Å². The predicted molar refractivity (Wildman–Crippen MR) is 110 cm³/mol. The summed E-state index contributed by atoms with van der Waals surface area (Å²) in [6.45, 7) is 2.26. The average molecular weight is 414 g/mol. The van der Waals surface area contributed by atoms with Gasteiger partial charge in [0.2, 0.25) is 12.7 Å². The van der Waals surface area contributed by atoms with Crippen molar-refractivity contribution in [2.24, 2.45) is 5.92 Å². The van der Waals surface area contributed by atoms with Gasteiger partial charge in [-0.05, 0) is 60.6 Å². The second-order valence-corrected chi connectivity index (χ2v) is 8.62. The monoisotopic (exact) mass is 413 g/mol. The van der Waals surface area contributed by atoms with E-state index in [1.807, 2.05) is 30.3 Å². The molecule has 0 aromatic heterocycles. The minimum atomic E-state index is -0.139. The fraction of sp³-hybridized carbons (Fsp3) is 0.435. The van der Waals surface area contributed by atoms with Crippen LogP contribution in [0.15, 0.2) is 42.5 Å². The van der Waals surface area contributed by atoms with E-state index in [1.165, 1.54) is 11.1 Å². The fourth-order valence-corrected chi connectivity index (χ4v) is 4.63. The molecule has 2 fully saturated rings. The fourth-order valence-electron chi connectivity index (χ4n) is 4.51. The zero-order valence-electron chi connectivity index (χ0n) is 16.2. The van der Waals surface area contributed by atoms with Gasteiger partial charge in [-0.1, -0.05) is 29.8 Å². The third-order valence-electron chi connectivity index (χ3n) is 6.46. The van der Waals surface area contributed by atoms with Gasteiger partial charge in [0.05, 0.1) is 0 Å². The van der Waals surface area contributed by atoms with Crippen LogP contribution in [-0.2, 0) is 14.9 Å². The highest BCUT2D eigenvalue weighted by Crippen LogP contribution is 2.48. The van der Waals surface area contributed by atoms with E-state index in [-0.39, 0.29) is 24.0 Å². The van der Waals surface area contributed by atoms with Crippen LogP contribution < -0.4 is 14.8 Å². The number of amides is 1. The molecular weight excluding hydrogens is 390 g/mol. The molecule has 2 unspecified atom stereocenters. The molecule has 1 saturated heterocycles. The molecule has 2 heterocycles. The molecule has 152 valence electrons. The molecule has 5 rings (SSSR count). The van der Waals surface area contributed by atoms with Crippen LogP contribution in [0.2, 0.25) is 5.02 Å². The Morgan fingerprint density at radius 2 is 1.83 bits per heavy atom. The van der Waals surface area contributed by atoms with E-state index in [1.54, 1.807) is 0 Å². The smallest absolute Gasteiger partial charge is 0.231 e. The van der Waals surface area contributed by atoms with Crippen LogP contribution in [0, 0.1) is 5.92 Å². The van der Waals surface area contributed by atoms with Gasteiger partial charge in [-0.15, -0.1) is 0 Å². The first-order valence-corrected chi connectivity index (χ1v) is 10.5.